The number of thiophene rings is 1. The van der Waals surface area contributed by atoms with Crippen LogP contribution in [0.4, 0.5) is 10.8 Å². The van der Waals surface area contributed by atoms with Crippen LogP contribution in [0.1, 0.15) is 21.8 Å². The van der Waals surface area contributed by atoms with Gasteiger partial charge in [0, 0.05) is 23.6 Å². The molecule has 3 rings (SSSR count). The number of nitrogens with one attached hydrogen (secondary N) is 2. The Labute approximate surface area is 170 Å². The number of carbonyl (C=O) groups excluding carboxylic acids is 2. The lowest BCUT2D eigenvalue weighted by Gasteiger charge is -2.10. The minimum Gasteiger partial charge on any atom is -0.493 e. The van der Waals surface area contributed by atoms with Gasteiger partial charge in [-0.05, 0) is 30.0 Å². The van der Waals surface area contributed by atoms with E-state index in [9.17, 15) is 9.59 Å². The number of anilines is 2. The molecule has 9 heteroatoms. The maximum absolute atomic E-state index is 12.2. The van der Waals surface area contributed by atoms with Crippen molar-refractivity contribution in [2.75, 3.05) is 24.9 Å². The summed E-state index contributed by atoms with van der Waals surface area (Å²) in [6, 6.07) is 8.77. The van der Waals surface area contributed by atoms with Gasteiger partial charge in [0.2, 0.25) is 5.91 Å². The third kappa shape index (κ3) is 5.08. The normalized spacial score (nSPS) is 10.4. The van der Waals surface area contributed by atoms with Crippen LogP contribution in [-0.4, -0.2) is 31.0 Å². The van der Waals surface area contributed by atoms with E-state index < -0.39 is 0 Å². The summed E-state index contributed by atoms with van der Waals surface area (Å²) in [7, 11) is 3.10. The first kappa shape index (κ1) is 19.8. The van der Waals surface area contributed by atoms with Crippen LogP contribution in [0.25, 0.3) is 0 Å². The molecule has 0 saturated carbocycles. The number of amides is 2. The number of benzene rings is 1. The van der Waals surface area contributed by atoms with Crippen molar-refractivity contribution < 1.29 is 19.1 Å². The van der Waals surface area contributed by atoms with Gasteiger partial charge in [-0.1, -0.05) is 6.07 Å². The Kier molecular flexibility index (Phi) is 6.62. The van der Waals surface area contributed by atoms with Crippen molar-refractivity contribution in [3.05, 3.63) is 51.7 Å². The topological polar surface area (TPSA) is 89.6 Å². The summed E-state index contributed by atoms with van der Waals surface area (Å²) < 4.78 is 10.4. The summed E-state index contributed by atoms with van der Waals surface area (Å²) in [6.07, 6.45) is 0.751. The Hall–Kier alpha value is -2.91. The molecule has 0 spiro atoms. The van der Waals surface area contributed by atoms with Gasteiger partial charge in [-0.15, -0.1) is 22.7 Å². The summed E-state index contributed by atoms with van der Waals surface area (Å²) in [6.45, 7) is 0. The van der Waals surface area contributed by atoms with E-state index in [-0.39, 0.29) is 18.2 Å². The molecule has 0 radical (unpaired) electrons. The molecule has 28 heavy (non-hydrogen) atoms. The quantitative estimate of drug-likeness (QED) is 0.577. The molecular weight excluding hydrogens is 398 g/mol. The van der Waals surface area contributed by atoms with Crippen molar-refractivity contribution in [2.24, 2.45) is 0 Å². The summed E-state index contributed by atoms with van der Waals surface area (Å²) in [5.74, 6) is 0.831. The second-order valence-electron chi connectivity index (χ2n) is 5.69. The lowest BCUT2D eigenvalue weighted by molar-refractivity contribution is -0.116. The zero-order valence-corrected chi connectivity index (χ0v) is 17.0. The van der Waals surface area contributed by atoms with Gasteiger partial charge in [0.15, 0.2) is 16.6 Å². The number of nitrogens with zero attached hydrogens (tertiary/aromatic N) is 1. The molecule has 2 N–H and O–H groups in total. The van der Waals surface area contributed by atoms with E-state index in [1.165, 1.54) is 22.7 Å². The first-order valence-corrected chi connectivity index (χ1v) is 10.2. The number of rotatable bonds is 8. The Morgan fingerprint density at radius 2 is 1.89 bits per heavy atom. The van der Waals surface area contributed by atoms with E-state index in [1.807, 2.05) is 16.8 Å². The fraction of sp³-hybridized carbons (Fsp3) is 0.211. The molecule has 1 aromatic carbocycles. The monoisotopic (exact) mass is 417 g/mol. The minimum absolute atomic E-state index is 0.135. The van der Waals surface area contributed by atoms with Crippen LogP contribution >= 0.6 is 22.7 Å². The Bertz CT molecular complexity index is 954. The largest absolute Gasteiger partial charge is 0.493 e. The molecule has 146 valence electrons. The molecule has 2 amide bonds. The van der Waals surface area contributed by atoms with E-state index in [4.69, 9.17) is 9.47 Å². The number of hydrogen-bond donors (Lipinski definition) is 2. The molecule has 0 fully saturated rings. The van der Waals surface area contributed by atoms with Gasteiger partial charge in [0.05, 0.1) is 24.8 Å². The van der Waals surface area contributed by atoms with Crippen molar-refractivity contribution in [3.8, 4) is 11.5 Å². The standard InChI is InChI=1S/C19H19N3O4S2/c1-25-14-7-5-12(10-15(14)26-2)20-17(23)8-6-13-11-28-19(21-13)22-18(24)16-4-3-9-27-16/h3-5,7,9-11H,6,8H2,1-2H3,(H,20,23)(H,21,22,24). The molecule has 0 aliphatic carbocycles. The van der Waals surface area contributed by atoms with Crippen molar-refractivity contribution in [3.63, 3.8) is 0 Å². The van der Waals surface area contributed by atoms with E-state index in [0.717, 1.165) is 5.69 Å². The molecule has 3 aromatic rings. The molecule has 0 aliphatic heterocycles. The average Bonchev–Trinajstić information content (AvgIpc) is 3.38. The molecule has 0 unspecified atom stereocenters. The number of carbonyl (C=O) groups is 2. The predicted molar refractivity (Wildman–Crippen MR) is 111 cm³/mol. The first-order chi connectivity index (χ1) is 13.6. The average molecular weight is 418 g/mol. The second kappa shape index (κ2) is 9.34. The maximum atomic E-state index is 12.2. The molecular formula is C19H19N3O4S2. The number of aryl methyl sites for hydroxylation is 1. The summed E-state index contributed by atoms with van der Waals surface area (Å²) in [4.78, 5) is 29.2. The molecule has 7 nitrogen and oxygen atoms in total. The van der Waals surface area contributed by atoms with E-state index in [2.05, 4.69) is 15.6 Å². The van der Waals surface area contributed by atoms with Crippen LogP contribution in [0.3, 0.4) is 0 Å². The fourth-order valence-corrected chi connectivity index (χ4v) is 3.78. The Balaban J connectivity index is 1.51. The van der Waals surface area contributed by atoms with Gasteiger partial charge >= 0.3 is 0 Å². The number of ether oxygens (including phenoxy) is 2. The van der Waals surface area contributed by atoms with Crippen LogP contribution in [0.2, 0.25) is 0 Å². The second-order valence-corrected chi connectivity index (χ2v) is 7.50. The highest BCUT2D eigenvalue weighted by molar-refractivity contribution is 7.14. The number of hydrogen-bond acceptors (Lipinski definition) is 7. The van der Waals surface area contributed by atoms with Gasteiger partial charge in [0.1, 0.15) is 0 Å². The third-order valence-electron chi connectivity index (χ3n) is 3.79. The lowest BCUT2D eigenvalue weighted by atomic mass is 10.2. The summed E-state index contributed by atoms with van der Waals surface area (Å²) in [5.41, 5.74) is 1.39. The Morgan fingerprint density at radius 1 is 1.07 bits per heavy atom. The van der Waals surface area contributed by atoms with Gasteiger partial charge in [-0.2, -0.15) is 0 Å². The van der Waals surface area contributed by atoms with Crippen LogP contribution < -0.4 is 20.1 Å². The Morgan fingerprint density at radius 3 is 2.61 bits per heavy atom. The number of aromatic nitrogens is 1. The molecule has 0 atom stereocenters. The highest BCUT2D eigenvalue weighted by atomic mass is 32.1. The van der Waals surface area contributed by atoms with Crippen LogP contribution in [-0.2, 0) is 11.2 Å². The summed E-state index contributed by atoms with van der Waals surface area (Å²) in [5, 5.41) is 9.81. The van der Waals surface area contributed by atoms with Gasteiger partial charge in [0.25, 0.3) is 5.91 Å². The lowest BCUT2D eigenvalue weighted by Crippen LogP contribution is -2.13. The number of methoxy groups -OCH3 is 2. The van der Waals surface area contributed by atoms with Gasteiger partial charge in [-0.3, -0.25) is 14.9 Å². The molecule has 2 aromatic heterocycles. The smallest absolute Gasteiger partial charge is 0.267 e. The van der Waals surface area contributed by atoms with Crippen molar-refractivity contribution >= 4 is 45.3 Å². The number of thiazole rings is 1. The maximum Gasteiger partial charge on any atom is 0.267 e. The third-order valence-corrected chi connectivity index (χ3v) is 5.47. The first-order valence-electron chi connectivity index (χ1n) is 8.40. The predicted octanol–water partition coefficient (Wildman–Crippen LogP) is 4.05. The van der Waals surface area contributed by atoms with Crippen molar-refractivity contribution in [2.45, 2.75) is 12.8 Å². The minimum atomic E-state index is -0.179. The zero-order chi connectivity index (χ0) is 19.9. The van der Waals surface area contributed by atoms with Gasteiger partial charge < -0.3 is 14.8 Å². The molecule has 2 heterocycles. The molecule has 0 saturated heterocycles. The van der Waals surface area contributed by atoms with E-state index >= 15 is 0 Å². The van der Waals surface area contributed by atoms with Gasteiger partial charge in [-0.25, -0.2) is 4.98 Å². The SMILES string of the molecule is COc1ccc(NC(=O)CCc2csc(NC(=O)c3cccs3)n2)cc1OC. The van der Waals surface area contributed by atoms with Crippen molar-refractivity contribution in [1.29, 1.82) is 0 Å². The fourth-order valence-electron chi connectivity index (χ4n) is 2.42. The zero-order valence-electron chi connectivity index (χ0n) is 15.4. The molecule has 0 bridgehead atoms. The molecule has 0 aliphatic rings. The van der Waals surface area contributed by atoms with Crippen molar-refractivity contribution in [1.82, 2.24) is 4.98 Å². The van der Waals surface area contributed by atoms with E-state index in [0.29, 0.717) is 33.6 Å². The summed E-state index contributed by atoms with van der Waals surface area (Å²) >= 11 is 2.71. The van der Waals surface area contributed by atoms with Crippen LogP contribution in [0.15, 0.2) is 41.1 Å². The highest BCUT2D eigenvalue weighted by Gasteiger charge is 2.12. The highest BCUT2D eigenvalue weighted by Crippen LogP contribution is 2.29. The van der Waals surface area contributed by atoms with Crippen LogP contribution in [0, 0.1) is 0 Å². The van der Waals surface area contributed by atoms with Crippen LogP contribution in [0.5, 0.6) is 11.5 Å². The van der Waals surface area contributed by atoms with E-state index in [1.54, 1.807) is 38.5 Å².